The zero-order valence-electron chi connectivity index (χ0n) is 10.1. The Morgan fingerprint density at radius 3 is 2.32 bits per heavy atom. The van der Waals surface area contributed by atoms with Gasteiger partial charge in [-0.2, -0.15) is 0 Å². The lowest BCUT2D eigenvalue weighted by molar-refractivity contribution is -0.139. The van der Waals surface area contributed by atoms with E-state index in [0.717, 1.165) is 0 Å². The summed E-state index contributed by atoms with van der Waals surface area (Å²) >= 11 is 17.4. The zero-order valence-corrected chi connectivity index (χ0v) is 12.4. The smallest absolute Gasteiger partial charge is 0.341 e. The Labute approximate surface area is 126 Å². The Morgan fingerprint density at radius 1 is 1.26 bits per heavy atom. The van der Waals surface area contributed by atoms with Crippen molar-refractivity contribution in [2.45, 2.75) is 6.92 Å². The van der Waals surface area contributed by atoms with Gasteiger partial charge in [-0.05, 0) is 25.1 Å². The van der Waals surface area contributed by atoms with Crippen molar-refractivity contribution in [3.8, 4) is 0 Å². The quantitative estimate of drug-likeness (QED) is 0.273. The Hall–Kier alpha value is -1.03. The summed E-state index contributed by atoms with van der Waals surface area (Å²) in [4.78, 5) is 23.4. The minimum Gasteiger partial charge on any atom is -0.462 e. The highest BCUT2D eigenvalue weighted by Gasteiger charge is 2.19. The number of benzene rings is 1. The predicted octanol–water partition coefficient (Wildman–Crippen LogP) is 3.75. The van der Waals surface area contributed by atoms with Crippen LogP contribution in [0.4, 0.5) is 0 Å². The summed E-state index contributed by atoms with van der Waals surface area (Å²) in [5.41, 5.74) is 0.208. The van der Waals surface area contributed by atoms with Crippen molar-refractivity contribution in [3.05, 3.63) is 39.4 Å². The van der Waals surface area contributed by atoms with E-state index in [1.807, 2.05) is 0 Å². The van der Waals surface area contributed by atoms with Gasteiger partial charge < -0.3 is 4.74 Å². The van der Waals surface area contributed by atoms with Crippen LogP contribution in [0.25, 0.3) is 6.08 Å². The third-order valence-electron chi connectivity index (χ3n) is 2.21. The maximum Gasteiger partial charge on any atom is 0.341 e. The summed E-state index contributed by atoms with van der Waals surface area (Å²) in [6.45, 7) is 1.80. The first-order valence-electron chi connectivity index (χ1n) is 5.43. The second-order valence-electron chi connectivity index (χ2n) is 3.47. The van der Waals surface area contributed by atoms with Gasteiger partial charge in [0.25, 0.3) is 0 Å². The number of ketones is 1. The Bertz CT molecular complexity index is 504. The number of hydrogen-bond acceptors (Lipinski definition) is 3. The van der Waals surface area contributed by atoms with E-state index in [2.05, 4.69) is 0 Å². The molecule has 0 spiro atoms. The van der Waals surface area contributed by atoms with E-state index in [9.17, 15) is 9.59 Å². The molecule has 0 N–H and O–H groups in total. The van der Waals surface area contributed by atoms with E-state index in [-0.39, 0.29) is 18.1 Å². The fraction of sp³-hybridized carbons (Fsp3) is 0.231. The van der Waals surface area contributed by atoms with Gasteiger partial charge in [0.2, 0.25) is 0 Å². The first-order chi connectivity index (χ1) is 9.01. The van der Waals surface area contributed by atoms with Crippen LogP contribution in [-0.2, 0) is 14.3 Å². The second-order valence-corrected chi connectivity index (χ2v) is 4.55. The van der Waals surface area contributed by atoms with Crippen molar-refractivity contribution in [3.63, 3.8) is 0 Å². The summed E-state index contributed by atoms with van der Waals surface area (Å²) in [5.74, 6) is -1.62. The van der Waals surface area contributed by atoms with Gasteiger partial charge in [-0.25, -0.2) is 4.79 Å². The molecular formula is C13H11Cl3O3. The minimum absolute atomic E-state index is 0.155. The summed E-state index contributed by atoms with van der Waals surface area (Å²) in [6.07, 6.45) is 1.30. The number of carbonyl (C=O) groups is 2. The molecule has 0 heterocycles. The standard InChI is InChI=1S/C13H11Cl3O3/c1-2-19-13(18)9(12(17)7-14)6-8-10(15)4-3-5-11(8)16/h3-6H,2,7H2,1H3/b9-6-. The van der Waals surface area contributed by atoms with Crippen LogP contribution in [0, 0.1) is 0 Å². The van der Waals surface area contributed by atoms with E-state index in [1.165, 1.54) is 6.08 Å². The van der Waals surface area contributed by atoms with E-state index >= 15 is 0 Å². The van der Waals surface area contributed by atoms with Crippen molar-refractivity contribution < 1.29 is 14.3 Å². The van der Waals surface area contributed by atoms with Crippen LogP contribution in [0.1, 0.15) is 12.5 Å². The average molecular weight is 322 g/mol. The molecule has 0 atom stereocenters. The van der Waals surface area contributed by atoms with Crippen LogP contribution in [0.5, 0.6) is 0 Å². The summed E-state index contributed by atoms with van der Waals surface area (Å²) < 4.78 is 4.81. The summed E-state index contributed by atoms with van der Waals surface area (Å²) in [5, 5.41) is 0.661. The molecule has 0 aliphatic heterocycles. The highest BCUT2D eigenvalue weighted by molar-refractivity contribution is 6.39. The summed E-state index contributed by atoms with van der Waals surface area (Å²) in [6, 6.07) is 4.87. The van der Waals surface area contributed by atoms with Gasteiger partial charge in [-0.3, -0.25) is 4.79 Å². The fourth-order valence-electron chi connectivity index (χ4n) is 1.33. The molecule has 3 nitrogen and oxygen atoms in total. The highest BCUT2D eigenvalue weighted by atomic mass is 35.5. The molecule has 0 aliphatic carbocycles. The summed E-state index contributed by atoms with van der Waals surface area (Å²) in [7, 11) is 0. The molecule has 0 saturated heterocycles. The van der Waals surface area contributed by atoms with Crippen molar-refractivity contribution >= 4 is 52.6 Å². The van der Waals surface area contributed by atoms with Crippen molar-refractivity contribution in [2.75, 3.05) is 12.5 Å². The lowest BCUT2D eigenvalue weighted by Crippen LogP contribution is -2.16. The van der Waals surface area contributed by atoms with Crippen molar-refractivity contribution in [1.29, 1.82) is 0 Å². The molecule has 6 heteroatoms. The van der Waals surface area contributed by atoms with Crippen molar-refractivity contribution in [1.82, 2.24) is 0 Å². The lowest BCUT2D eigenvalue weighted by atomic mass is 10.1. The molecule has 19 heavy (non-hydrogen) atoms. The Balaban J connectivity index is 3.27. The predicted molar refractivity (Wildman–Crippen MR) is 76.8 cm³/mol. The molecule has 0 aliphatic rings. The Kier molecular flexibility index (Phi) is 6.35. The molecule has 1 rings (SSSR count). The van der Waals surface area contributed by atoms with Crippen LogP contribution in [0.2, 0.25) is 10.0 Å². The maximum atomic E-state index is 11.7. The normalized spacial score (nSPS) is 11.3. The Morgan fingerprint density at radius 2 is 1.84 bits per heavy atom. The molecule has 0 amide bonds. The molecule has 0 bridgehead atoms. The second kappa shape index (κ2) is 7.53. The fourth-order valence-corrected chi connectivity index (χ4v) is 1.98. The van der Waals surface area contributed by atoms with Crippen LogP contribution in [-0.4, -0.2) is 24.2 Å². The molecule has 1 aromatic carbocycles. The number of hydrogen-bond donors (Lipinski definition) is 0. The zero-order chi connectivity index (χ0) is 14.4. The molecule has 0 fully saturated rings. The maximum absolute atomic E-state index is 11.7. The SMILES string of the molecule is CCOC(=O)/C(=C\c1c(Cl)cccc1Cl)C(=O)CCl. The number of ether oxygens (including phenoxy) is 1. The van der Waals surface area contributed by atoms with E-state index < -0.39 is 11.8 Å². The average Bonchev–Trinajstić information content (AvgIpc) is 2.38. The lowest BCUT2D eigenvalue weighted by Gasteiger charge is -2.06. The van der Waals surface area contributed by atoms with Gasteiger partial charge >= 0.3 is 5.97 Å². The van der Waals surface area contributed by atoms with Gasteiger partial charge in [0.05, 0.1) is 12.5 Å². The molecule has 102 valence electrons. The topological polar surface area (TPSA) is 43.4 Å². The van der Waals surface area contributed by atoms with Crippen LogP contribution < -0.4 is 0 Å². The number of carbonyl (C=O) groups excluding carboxylic acids is 2. The molecule has 0 aromatic heterocycles. The van der Waals surface area contributed by atoms with Gasteiger partial charge in [0.15, 0.2) is 5.78 Å². The minimum atomic E-state index is -0.746. The number of rotatable bonds is 5. The molecule has 1 aromatic rings. The molecule has 0 radical (unpaired) electrons. The first-order valence-corrected chi connectivity index (χ1v) is 6.72. The van der Waals surface area contributed by atoms with E-state index in [4.69, 9.17) is 39.5 Å². The third-order valence-corrected chi connectivity index (χ3v) is 3.11. The number of Topliss-reactive ketones (excluding diaryl/α,β-unsaturated/α-hetero) is 1. The largest absolute Gasteiger partial charge is 0.462 e. The number of alkyl halides is 1. The molecule has 0 unspecified atom stereocenters. The third kappa shape index (κ3) is 4.23. The van der Waals surface area contributed by atoms with Gasteiger partial charge in [0.1, 0.15) is 5.57 Å². The van der Waals surface area contributed by atoms with Crippen LogP contribution >= 0.6 is 34.8 Å². The van der Waals surface area contributed by atoms with Gasteiger partial charge in [0, 0.05) is 15.6 Å². The van der Waals surface area contributed by atoms with Crippen LogP contribution in [0.15, 0.2) is 23.8 Å². The first kappa shape index (κ1) is 16.0. The highest BCUT2D eigenvalue weighted by Crippen LogP contribution is 2.27. The van der Waals surface area contributed by atoms with E-state index in [1.54, 1.807) is 25.1 Å². The molecular weight excluding hydrogens is 310 g/mol. The monoisotopic (exact) mass is 320 g/mol. The van der Waals surface area contributed by atoms with Crippen molar-refractivity contribution in [2.24, 2.45) is 0 Å². The number of halogens is 3. The van der Waals surface area contributed by atoms with Gasteiger partial charge in [-0.1, -0.05) is 29.3 Å². The number of esters is 1. The van der Waals surface area contributed by atoms with Crippen LogP contribution in [0.3, 0.4) is 0 Å². The van der Waals surface area contributed by atoms with E-state index in [0.29, 0.717) is 15.6 Å². The van der Waals surface area contributed by atoms with Gasteiger partial charge in [-0.15, -0.1) is 11.6 Å². The molecule has 0 saturated carbocycles.